The first-order valence-electron chi connectivity index (χ1n) is 17.3. The van der Waals surface area contributed by atoms with Gasteiger partial charge in [-0.05, 0) is 52.6 Å². The van der Waals surface area contributed by atoms with Crippen molar-refractivity contribution < 1.29 is 0 Å². The highest BCUT2D eigenvalue weighted by Gasteiger charge is 2.28. The molecule has 1 aliphatic rings. The van der Waals surface area contributed by atoms with Gasteiger partial charge in [0.1, 0.15) is 12.3 Å². The van der Waals surface area contributed by atoms with Crippen LogP contribution in [0, 0.1) is 0 Å². The van der Waals surface area contributed by atoms with Crippen molar-refractivity contribution in [2.45, 2.75) is 12.3 Å². The number of para-hydroxylation sites is 1. The monoisotopic (exact) mass is 690 g/mol. The minimum absolute atomic E-state index is 0.139. The van der Waals surface area contributed by atoms with Crippen LogP contribution in [0.4, 0.5) is 0 Å². The quantitative estimate of drug-likeness (QED) is 0.194. The Morgan fingerprint density at radius 1 is 0.471 bits per heavy atom. The summed E-state index contributed by atoms with van der Waals surface area (Å²) >= 11 is 3.80. The van der Waals surface area contributed by atoms with Gasteiger partial charge in [-0.25, -0.2) is 4.99 Å². The molecule has 7 aromatic carbocycles. The molecule has 4 heterocycles. The first-order chi connectivity index (χ1) is 25.3. The molecule has 0 bridgehead atoms. The van der Waals surface area contributed by atoms with Crippen LogP contribution >= 0.6 is 22.7 Å². The van der Waals surface area contributed by atoms with Crippen molar-refractivity contribution in [2.75, 3.05) is 0 Å². The Morgan fingerprint density at radius 3 is 1.94 bits per heavy atom. The lowest BCUT2D eigenvalue weighted by Crippen LogP contribution is -2.47. The number of aliphatic imine (C=N–C) groups is 1. The van der Waals surface area contributed by atoms with Crippen molar-refractivity contribution in [3.8, 4) is 11.1 Å². The standard InChI is InChI=1S/C45H30N4S2/c1-3-11-27(12-4-1)29-20-24-38-36(25-29)31-15-7-9-17-37(31)49(38)45-47-43(28-13-5-2-6-14-28)46-44(48-45)30-19-21-33-35-23-22-34-32-16-8-10-18-39(32)50-41(34)42(35)51-40(33)26-30/h1-26,43-44,46H,(H,47,48). The summed E-state index contributed by atoms with van der Waals surface area (Å²) in [4.78, 5) is 5.45. The highest BCUT2D eigenvalue weighted by molar-refractivity contribution is 7.33. The molecular formula is C45H30N4S2. The largest absolute Gasteiger partial charge is 0.336 e. The molecule has 10 aromatic rings. The molecule has 3 aromatic heterocycles. The highest BCUT2D eigenvalue weighted by atomic mass is 32.1. The molecule has 11 rings (SSSR count). The lowest BCUT2D eigenvalue weighted by atomic mass is 10.0. The lowest BCUT2D eigenvalue weighted by Gasteiger charge is -2.32. The fourth-order valence-electron chi connectivity index (χ4n) is 7.86. The Balaban J connectivity index is 1.08. The number of hydrogen-bond acceptors (Lipinski definition) is 5. The average Bonchev–Trinajstić information content (AvgIpc) is 3.87. The third-order valence-electron chi connectivity index (χ3n) is 10.3. The molecule has 2 atom stereocenters. The van der Waals surface area contributed by atoms with E-state index in [2.05, 4.69) is 173 Å². The van der Waals surface area contributed by atoms with Gasteiger partial charge in [-0.15, -0.1) is 22.7 Å². The lowest BCUT2D eigenvalue weighted by molar-refractivity contribution is 0.403. The van der Waals surface area contributed by atoms with E-state index in [1.807, 2.05) is 22.7 Å². The van der Waals surface area contributed by atoms with Crippen LogP contribution < -0.4 is 10.6 Å². The van der Waals surface area contributed by atoms with Gasteiger partial charge in [0.2, 0.25) is 5.96 Å². The summed E-state index contributed by atoms with van der Waals surface area (Å²) in [5.41, 5.74) is 6.98. The maximum Gasteiger partial charge on any atom is 0.206 e. The maximum absolute atomic E-state index is 5.45. The van der Waals surface area contributed by atoms with Gasteiger partial charge in [-0.3, -0.25) is 9.88 Å². The Hall–Kier alpha value is -5.79. The van der Waals surface area contributed by atoms with Gasteiger partial charge in [-0.1, -0.05) is 127 Å². The van der Waals surface area contributed by atoms with Crippen LogP contribution in [0.15, 0.2) is 163 Å². The Kier molecular flexibility index (Phi) is 6.46. The average molecular weight is 691 g/mol. The second kappa shape index (κ2) is 11.4. The summed E-state index contributed by atoms with van der Waals surface area (Å²) in [6, 6.07) is 57.0. The second-order valence-electron chi connectivity index (χ2n) is 13.2. The van der Waals surface area contributed by atoms with Gasteiger partial charge in [0, 0.05) is 41.7 Å². The molecule has 0 saturated carbocycles. The number of hydrogen-bond donors (Lipinski definition) is 2. The normalized spacial score (nSPS) is 16.4. The third-order valence-corrected chi connectivity index (χ3v) is 12.8. The highest BCUT2D eigenvalue weighted by Crippen LogP contribution is 2.45. The Labute approximate surface area is 301 Å². The third kappa shape index (κ3) is 4.58. The summed E-state index contributed by atoms with van der Waals surface area (Å²) in [7, 11) is 0. The molecular weight excluding hydrogens is 661 g/mol. The molecule has 2 N–H and O–H groups in total. The van der Waals surface area contributed by atoms with Crippen molar-refractivity contribution >= 4 is 90.8 Å². The Bertz CT molecular complexity index is 2990. The molecule has 0 amide bonds. The van der Waals surface area contributed by atoms with Crippen LogP contribution in [-0.4, -0.2) is 10.5 Å². The van der Waals surface area contributed by atoms with Crippen LogP contribution in [-0.2, 0) is 0 Å². The van der Waals surface area contributed by atoms with Crippen molar-refractivity contribution in [1.82, 2.24) is 15.2 Å². The molecule has 51 heavy (non-hydrogen) atoms. The molecule has 0 aliphatic carbocycles. The zero-order valence-electron chi connectivity index (χ0n) is 27.4. The molecule has 2 unspecified atom stereocenters. The predicted octanol–water partition coefficient (Wildman–Crippen LogP) is 12.0. The van der Waals surface area contributed by atoms with Crippen LogP contribution in [0.5, 0.6) is 0 Å². The first-order valence-corrected chi connectivity index (χ1v) is 18.9. The minimum atomic E-state index is -0.259. The SMILES string of the molecule is c1ccc(-c2ccc3c(c2)c2ccccc2n3C2=NC(c3ccc4c(c3)sc3c4ccc4c5ccccc5sc43)NC(c3ccccc3)N2)cc1. The van der Waals surface area contributed by atoms with Crippen LogP contribution in [0.3, 0.4) is 0 Å². The van der Waals surface area contributed by atoms with E-state index >= 15 is 0 Å². The van der Waals surface area contributed by atoms with E-state index in [1.54, 1.807) is 0 Å². The summed E-state index contributed by atoms with van der Waals surface area (Å²) in [5.74, 6) is 0.828. The summed E-state index contributed by atoms with van der Waals surface area (Å²) < 4.78 is 7.67. The molecule has 4 nitrogen and oxygen atoms in total. The first kappa shape index (κ1) is 29.0. The molecule has 242 valence electrons. The van der Waals surface area contributed by atoms with E-state index in [9.17, 15) is 0 Å². The fraction of sp³-hybridized carbons (Fsp3) is 0.0444. The summed E-state index contributed by atoms with van der Waals surface area (Å²) in [6.45, 7) is 0. The zero-order valence-corrected chi connectivity index (χ0v) is 29.0. The summed E-state index contributed by atoms with van der Waals surface area (Å²) in [6.07, 6.45) is -0.398. The maximum atomic E-state index is 5.45. The Morgan fingerprint density at radius 2 is 1.12 bits per heavy atom. The summed E-state index contributed by atoms with van der Waals surface area (Å²) in [5, 5.41) is 15.4. The van der Waals surface area contributed by atoms with E-state index in [1.165, 1.54) is 62.2 Å². The fourth-order valence-corrected chi connectivity index (χ4v) is 10.4. The van der Waals surface area contributed by atoms with Crippen molar-refractivity contribution in [1.29, 1.82) is 0 Å². The van der Waals surface area contributed by atoms with Crippen molar-refractivity contribution in [3.05, 3.63) is 169 Å². The second-order valence-corrected chi connectivity index (χ2v) is 15.3. The van der Waals surface area contributed by atoms with Gasteiger partial charge >= 0.3 is 0 Å². The van der Waals surface area contributed by atoms with E-state index in [-0.39, 0.29) is 12.3 Å². The molecule has 0 saturated heterocycles. The predicted molar refractivity (Wildman–Crippen MR) is 218 cm³/mol. The van der Waals surface area contributed by atoms with E-state index < -0.39 is 0 Å². The molecule has 6 heteroatoms. The number of benzene rings is 7. The van der Waals surface area contributed by atoms with E-state index in [4.69, 9.17) is 4.99 Å². The number of rotatable bonds is 3. The number of aromatic nitrogens is 1. The van der Waals surface area contributed by atoms with Gasteiger partial charge in [0.25, 0.3) is 0 Å². The molecule has 0 spiro atoms. The van der Waals surface area contributed by atoms with Gasteiger partial charge in [0.15, 0.2) is 0 Å². The van der Waals surface area contributed by atoms with Crippen molar-refractivity contribution in [2.24, 2.45) is 4.99 Å². The number of nitrogens with zero attached hydrogens (tertiary/aromatic N) is 2. The van der Waals surface area contributed by atoms with Crippen LogP contribution in [0.2, 0.25) is 0 Å². The number of fused-ring (bicyclic) bond motifs is 10. The molecule has 0 fully saturated rings. The van der Waals surface area contributed by atoms with Crippen LogP contribution in [0.25, 0.3) is 73.3 Å². The number of nitrogens with one attached hydrogen (secondary N) is 2. The van der Waals surface area contributed by atoms with Crippen LogP contribution in [0.1, 0.15) is 23.5 Å². The molecule has 0 radical (unpaired) electrons. The zero-order chi connectivity index (χ0) is 33.5. The van der Waals surface area contributed by atoms with Gasteiger partial charge < -0.3 is 5.32 Å². The van der Waals surface area contributed by atoms with Gasteiger partial charge in [0.05, 0.1) is 20.4 Å². The number of thiophene rings is 2. The minimum Gasteiger partial charge on any atom is -0.336 e. The topological polar surface area (TPSA) is 41.4 Å². The van der Waals surface area contributed by atoms with E-state index in [0.717, 1.165) is 28.1 Å². The molecule has 1 aliphatic heterocycles. The smallest absolute Gasteiger partial charge is 0.206 e. The van der Waals surface area contributed by atoms with E-state index in [0.29, 0.717) is 0 Å². The van der Waals surface area contributed by atoms with Gasteiger partial charge in [-0.2, -0.15) is 0 Å². The van der Waals surface area contributed by atoms with Crippen molar-refractivity contribution in [3.63, 3.8) is 0 Å².